The topological polar surface area (TPSA) is 130 Å². The molecular formula is C13H20N4O5S. The maximum atomic E-state index is 12.1. The number of sulfonamides is 1. The van der Waals surface area contributed by atoms with Crippen LogP contribution in [0.3, 0.4) is 0 Å². The Kier molecular flexibility index (Phi) is 5.37. The molecule has 1 aliphatic rings. The fourth-order valence-corrected chi connectivity index (χ4v) is 3.36. The number of nitrogens with one attached hydrogen (secondary N) is 3. The van der Waals surface area contributed by atoms with Crippen LogP contribution in [0.1, 0.15) is 30.7 Å². The van der Waals surface area contributed by atoms with Crippen molar-refractivity contribution in [1.82, 2.24) is 20.5 Å². The third kappa shape index (κ3) is 5.03. The lowest BCUT2D eigenvalue weighted by molar-refractivity contribution is -0.126. The SMILES string of the molecule is Cc1noc(C)c1S(=O)(=O)NCCC(=O)NCC(=O)NC1CC1. The predicted molar refractivity (Wildman–Crippen MR) is 80.0 cm³/mol. The summed E-state index contributed by atoms with van der Waals surface area (Å²) in [7, 11) is -3.78. The quantitative estimate of drug-likeness (QED) is 0.575. The highest BCUT2D eigenvalue weighted by molar-refractivity contribution is 7.89. The molecule has 1 aliphatic carbocycles. The molecule has 1 saturated carbocycles. The average Bonchev–Trinajstić information content (AvgIpc) is 3.20. The zero-order valence-corrected chi connectivity index (χ0v) is 13.8. The Hall–Kier alpha value is -1.94. The number of carbonyl (C=O) groups is 2. The summed E-state index contributed by atoms with van der Waals surface area (Å²) in [4.78, 5) is 23.0. The number of hydrogen-bond donors (Lipinski definition) is 3. The molecule has 3 N–H and O–H groups in total. The van der Waals surface area contributed by atoms with Crippen molar-refractivity contribution < 1.29 is 22.5 Å². The summed E-state index contributed by atoms with van der Waals surface area (Å²) in [5, 5.41) is 8.77. The molecular weight excluding hydrogens is 324 g/mol. The molecule has 0 radical (unpaired) electrons. The van der Waals surface area contributed by atoms with E-state index in [2.05, 4.69) is 20.5 Å². The van der Waals surface area contributed by atoms with E-state index in [0.29, 0.717) is 0 Å². The molecule has 0 atom stereocenters. The summed E-state index contributed by atoms with van der Waals surface area (Å²) >= 11 is 0. The maximum absolute atomic E-state index is 12.1. The average molecular weight is 344 g/mol. The normalized spacial score (nSPS) is 14.5. The van der Waals surface area contributed by atoms with Gasteiger partial charge in [-0.3, -0.25) is 9.59 Å². The molecule has 1 fully saturated rings. The third-order valence-corrected chi connectivity index (χ3v) is 4.97. The molecule has 0 bridgehead atoms. The predicted octanol–water partition coefficient (Wildman–Crippen LogP) is -0.645. The first-order valence-corrected chi connectivity index (χ1v) is 8.76. The van der Waals surface area contributed by atoms with Gasteiger partial charge in [0.2, 0.25) is 21.8 Å². The summed E-state index contributed by atoms with van der Waals surface area (Å²) < 4.78 is 31.3. The molecule has 2 amide bonds. The van der Waals surface area contributed by atoms with Gasteiger partial charge in [0, 0.05) is 19.0 Å². The van der Waals surface area contributed by atoms with Gasteiger partial charge in [0.15, 0.2) is 5.76 Å². The lowest BCUT2D eigenvalue weighted by Crippen LogP contribution is -2.39. The van der Waals surface area contributed by atoms with Crippen LogP contribution in [0.2, 0.25) is 0 Å². The number of rotatable bonds is 8. The summed E-state index contributed by atoms with van der Waals surface area (Å²) in [6, 6.07) is 0.237. The molecule has 23 heavy (non-hydrogen) atoms. The highest BCUT2D eigenvalue weighted by Gasteiger charge is 2.24. The lowest BCUT2D eigenvalue weighted by Gasteiger charge is -2.07. The Morgan fingerprint density at radius 3 is 2.52 bits per heavy atom. The van der Waals surface area contributed by atoms with Gasteiger partial charge in [-0.2, -0.15) is 0 Å². The van der Waals surface area contributed by atoms with Crippen LogP contribution in [-0.2, 0) is 19.6 Å². The maximum Gasteiger partial charge on any atom is 0.245 e. The number of carbonyl (C=O) groups excluding carboxylic acids is 2. The summed E-state index contributed by atoms with van der Waals surface area (Å²) in [5.41, 5.74) is 0.260. The molecule has 1 aromatic heterocycles. The molecule has 2 rings (SSSR count). The standard InChI is InChI=1S/C13H20N4O5S/c1-8-13(9(2)22-17-8)23(20,21)15-6-5-11(18)14-7-12(19)16-10-3-4-10/h10,15H,3-7H2,1-2H3,(H,14,18)(H,16,19). The van der Waals surface area contributed by atoms with Crippen molar-refractivity contribution >= 4 is 21.8 Å². The summed E-state index contributed by atoms with van der Waals surface area (Å²) in [6.07, 6.45) is 1.88. The van der Waals surface area contributed by atoms with Crippen molar-refractivity contribution in [3.63, 3.8) is 0 Å². The third-order valence-electron chi connectivity index (χ3n) is 3.27. The molecule has 10 heteroatoms. The lowest BCUT2D eigenvalue weighted by atomic mass is 10.4. The number of nitrogens with zero attached hydrogens (tertiary/aromatic N) is 1. The van der Waals surface area contributed by atoms with Crippen molar-refractivity contribution in [2.24, 2.45) is 0 Å². The molecule has 0 aliphatic heterocycles. The summed E-state index contributed by atoms with van der Waals surface area (Å²) in [5.74, 6) is -0.453. The van der Waals surface area contributed by atoms with Crippen LogP contribution < -0.4 is 15.4 Å². The zero-order chi connectivity index (χ0) is 17.0. The van der Waals surface area contributed by atoms with Crippen LogP contribution in [0.15, 0.2) is 9.42 Å². The molecule has 9 nitrogen and oxygen atoms in total. The van der Waals surface area contributed by atoms with E-state index in [1.807, 2.05) is 0 Å². The smallest absolute Gasteiger partial charge is 0.245 e. The minimum absolute atomic E-state index is 0.0123. The van der Waals surface area contributed by atoms with Crippen LogP contribution in [-0.4, -0.2) is 44.5 Å². The van der Waals surface area contributed by atoms with Gasteiger partial charge < -0.3 is 15.2 Å². The van der Waals surface area contributed by atoms with Gasteiger partial charge in [-0.15, -0.1) is 0 Å². The number of aromatic nitrogens is 1. The number of aryl methyl sites for hydroxylation is 2. The van der Waals surface area contributed by atoms with Crippen molar-refractivity contribution in [2.75, 3.05) is 13.1 Å². The molecule has 0 unspecified atom stereocenters. The fraction of sp³-hybridized carbons (Fsp3) is 0.615. The highest BCUT2D eigenvalue weighted by atomic mass is 32.2. The molecule has 0 spiro atoms. The van der Waals surface area contributed by atoms with Gasteiger partial charge in [-0.1, -0.05) is 5.16 Å². The van der Waals surface area contributed by atoms with E-state index in [0.717, 1.165) is 12.8 Å². The van der Waals surface area contributed by atoms with Crippen LogP contribution in [0.4, 0.5) is 0 Å². The van der Waals surface area contributed by atoms with Gasteiger partial charge in [0.1, 0.15) is 10.6 Å². The van der Waals surface area contributed by atoms with E-state index < -0.39 is 15.9 Å². The Morgan fingerprint density at radius 2 is 1.96 bits per heavy atom. The van der Waals surface area contributed by atoms with Crippen molar-refractivity contribution in [3.05, 3.63) is 11.5 Å². The summed E-state index contributed by atoms with van der Waals surface area (Å²) in [6.45, 7) is 2.84. The van der Waals surface area contributed by atoms with Gasteiger partial charge >= 0.3 is 0 Å². The highest BCUT2D eigenvalue weighted by Crippen LogP contribution is 2.18. The molecule has 1 aromatic rings. The molecule has 0 aromatic carbocycles. The Balaban J connectivity index is 1.73. The first kappa shape index (κ1) is 17.4. The van der Waals surface area contributed by atoms with Gasteiger partial charge in [0.25, 0.3) is 0 Å². The minimum atomic E-state index is -3.78. The van der Waals surface area contributed by atoms with Gasteiger partial charge in [0.05, 0.1) is 6.54 Å². The Bertz CT molecular complexity index is 674. The van der Waals surface area contributed by atoms with E-state index in [9.17, 15) is 18.0 Å². The van der Waals surface area contributed by atoms with E-state index in [4.69, 9.17) is 4.52 Å². The number of hydrogen-bond acceptors (Lipinski definition) is 6. The Labute approximate surface area is 134 Å². The van der Waals surface area contributed by atoms with E-state index in [1.54, 1.807) is 0 Å². The second-order valence-electron chi connectivity index (χ2n) is 5.42. The Morgan fingerprint density at radius 1 is 1.26 bits per heavy atom. The second kappa shape index (κ2) is 7.09. The van der Waals surface area contributed by atoms with Crippen molar-refractivity contribution in [1.29, 1.82) is 0 Å². The van der Waals surface area contributed by atoms with Crippen molar-refractivity contribution in [3.8, 4) is 0 Å². The van der Waals surface area contributed by atoms with Crippen LogP contribution in [0.25, 0.3) is 0 Å². The first-order chi connectivity index (χ1) is 10.8. The van der Waals surface area contributed by atoms with Gasteiger partial charge in [-0.25, -0.2) is 13.1 Å². The number of amides is 2. The minimum Gasteiger partial charge on any atom is -0.360 e. The van der Waals surface area contributed by atoms with Crippen LogP contribution in [0, 0.1) is 13.8 Å². The first-order valence-electron chi connectivity index (χ1n) is 7.28. The molecule has 128 valence electrons. The molecule has 0 saturated heterocycles. The van der Waals surface area contributed by atoms with E-state index in [1.165, 1.54) is 13.8 Å². The van der Waals surface area contributed by atoms with Gasteiger partial charge in [-0.05, 0) is 26.7 Å². The van der Waals surface area contributed by atoms with Crippen molar-refractivity contribution in [2.45, 2.75) is 44.0 Å². The van der Waals surface area contributed by atoms with Crippen LogP contribution >= 0.6 is 0 Å². The van der Waals surface area contributed by atoms with E-state index in [-0.39, 0.29) is 47.8 Å². The fourth-order valence-electron chi connectivity index (χ4n) is 2.00. The second-order valence-corrected chi connectivity index (χ2v) is 7.12. The van der Waals surface area contributed by atoms with E-state index >= 15 is 0 Å². The monoisotopic (exact) mass is 344 g/mol. The zero-order valence-electron chi connectivity index (χ0n) is 13.0. The largest absolute Gasteiger partial charge is 0.360 e. The molecule has 1 heterocycles. The van der Waals surface area contributed by atoms with Crippen LogP contribution in [0.5, 0.6) is 0 Å².